The highest BCUT2D eigenvalue weighted by atomic mass is 16.6. The summed E-state index contributed by atoms with van der Waals surface area (Å²) in [5, 5.41) is 0. The van der Waals surface area contributed by atoms with Crippen LogP contribution >= 0.6 is 0 Å². The van der Waals surface area contributed by atoms with E-state index in [4.69, 9.17) is 14.2 Å². The average Bonchev–Trinajstić information content (AvgIpc) is 3.20. The lowest BCUT2D eigenvalue weighted by molar-refractivity contribution is -0.163. The molecule has 0 spiro atoms. The first-order valence-electron chi connectivity index (χ1n) is 23.8. The van der Waals surface area contributed by atoms with Gasteiger partial charge in [0.05, 0.1) is 6.61 Å². The number of ether oxygens (including phenoxy) is 3. The summed E-state index contributed by atoms with van der Waals surface area (Å²) in [5.74, 6) is -0.427. The van der Waals surface area contributed by atoms with Crippen LogP contribution in [0.25, 0.3) is 0 Å². The van der Waals surface area contributed by atoms with Gasteiger partial charge in [0.15, 0.2) is 6.10 Å². The lowest BCUT2D eigenvalue weighted by Crippen LogP contribution is -2.30. The Balaban J connectivity index is 4.07. The molecule has 324 valence electrons. The van der Waals surface area contributed by atoms with Crippen molar-refractivity contribution >= 4 is 11.9 Å². The van der Waals surface area contributed by atoms with Gasteiger partial charge in [0.1, 0.15) is 6.61 Å². The smallest absolute Gasteiger partial charge is 0.306 e. The summed E-state index contributed by atoms with van der Waals surface area (Å²) in [6.07, 6.45) is 58.2. The first-order valence-corrected chi connectivity index (χ1v) is 23.8. The minimum atomic E-state index is -0.540. The molecule has 0 aromatic carbocycles. The molecule has 0 amide bonds. The molecule has 5 heteroatoms. The predicted octanol–water partition coefficient (Wildman–Crippen LogP) is 15.8. The van der Waals surface area contributed by atoms with Gasteiger partial charge in [0.2, 0.25) is 0 Å². The van der Waals surface area contributed by atoms with Gasteiger partial charge in [0, 0.05) is 19.4 Å². The zero-order valence-corrected chi connectivity index (χ0v) is 37.1. The third-order valence-electron chi connectivity index (χ3n) is 10.0. The molecule has 0 aliphatic heterocycles. The van der Waals surface area contributed by atoms with Crippen LogP contribution < -0.4 is 0 Å². The Bertz CT molecular complexity index is 977. The topological polar surface area (TPSA) is 61.8 Å². The number of hydrogen-bond acceptors (Lipinski definition) is 5. The van der Waals surface area contributed by atoms with Gasteiger partial charge < -0.3 is 14.2 Å². The van der Waals surface area contributed by atoms with Crippen LogP contribution in [0.1, 0.15) is 226 Å². The molecule has 1 atom stereocenters. The Morgan fingerprint density at radius 1 is 0.411 bits per heavy atom. The number of carbonyl (C=O) groups excluding carboxylic acids is 2. The maximum absolute atomic E-state index is 12.6. The second kappa shape index (κ2) is 47.0. The first-order chi connectivity index (χ1) is 27.6. The SMILES string of the molecule is CC/C=C\C/C=C\C/C=C\C/C=C\CCCCCCCCC(=O)OCC(COCCCCCCCC/C=C\CCCCCCCC)OC(=O)CCCCCCC. The zero-order chi connectivity index (χ0) is 40.7. The molecule has 0 fully saturated rings. The Morgan fingerprint density at radius 3 is 1.30 bits per heavy atom. The van der Waals surface area contributed by atoms with E-state index in [9.17, 15) is 9.59 Å². The monoisotopic (exact) mass is 783 g/mol. The van der Waals surface area contributed by atoms with E-state index in [1.807, 2.05) is 0 Å². The molecule has 0 heterocycles. The highest BCUT2D eigenvalue weighted by molar-refractivity contribution is 5.70. The van der Waals surface area contributed by atoms with Crippen molar-refractivity contribution in [3.05, 3.63) is 60.8 Å². The average molecular weight is 783 g/mol. The molecular formula is C51H90O5. The zero-order valence-electron chi connectivity index (χ0n) is 37.1. The van der Waals surface area contributed by atoms with Crippen LogP contribution in [0.15, 0.2) is 60.8 Å². The number of hydrogen-bond donors (Lipinski definition) is 0. The minimum absolute atomic E-state index is 0.0745. The fourth-order valence-electron chi connectivity index (χ4n) is 6.49. The molecule has 0 aromatic rings. The van der Waals surface area contributed by atoms with Gasteiger partial charge in [-0.25, -0.2) is 0 Å². The van der Waals surface area contributed by atoms with E-state index in [1.165, 1.54) is 109 Å². The standard InChI is InChI=1S/C51H90O5/c1-4-7-10-13-15-17-19-21-23-25-26-27-28-30-32-34-36-39-41-44-50(52)55-48-49(56-51(53)45-42-38-12-9-6-3)47-54-46-43-40-37-35-33-31-29-24-22-20-18-16-14-11-8-5-2/h7,10,15,17,21-24,26-27,49H,4-6,8-9,11-14,16,18-20,25,28-48H2,1-3H3/b10-7-,17-15-,23-21-,24-22-,27-26-. The molecule has 0 bridgehead atoms. The Morgan fingerprint density at radius 2 is 0.804 bits per heavy atom. The van der Waals surface area contributed by atoms with Gasteiger partial charge >= 0.3 is 11.9 Å². The van der Waals surface area contributed by atoms with Crippen molar-refractivity contribution in [2.24, 2.45) is 0 Å². The van der Waals surface area contributed by atoms with E-state index in [0.29, 0.717) is 19.4 Å². The van der Waals surface area contributed by atoms with Crippen molar-refractivity contribution in [1.29, 1.82) is 0 Å². The molecule has 0 saturated heterocycles. The van der Waals surface area contributed by atoms with Crippen LogP contribution in [0.2, 0.25) is 0 Å². The van der Waals surface area contributed by atoms with Gasteiger partial charge in [-0.3, -0.25) is 9.59 Å². The van der Waals surface area contributed by atoms with E-state index in [1.54, 1.807) is 0 Å². The summed E-state index contributed by atoms with van der Waals surface area (Å²) >= 11 is 0. The van der Waals surface area contributed by atoms with Crippen LogP contribution in [-0.4, -0.2) is 37.9 Å². The van der Waals surface area contributed by atoms with Crippen LogP contribution in [0.5, 0.6) is 0 Å². The molecule has 5 nitrogen and oxygen atoms in total. The number of esters is 2. The Kier molecular flexibility index (Phi) is 45.0. The Hall–Kier alpha value is -2.40. The minimum Gasteiger partial charge on any atom is -0.462 e. The van der Waals surface area contributed by atoms with Crippen molar-refractivity contribution in [3.8, 4) is 0 Å². The van der Waals surface area contributed by atoms with Crippen LogP contribution in [-0.2, 0) is 23.8 Å². The van der Waals surface area contributed by atoms with Gasteiger partial charge in [-0.15, -0.1) is 0 Å². The summed E-state index contributed by atoms with van der Waals surface area (Å²) < 4.78 is 17.2. The number of allylic oxidation sites excluding steroid dienone is 10. The summed E-state index contributed by atoms with van der Waals surface area (Å²) in [4.78, 5) is 25.1. The number of carbonyl (C=O) groups is 2. The van der Waals surface area contributed by atoms with E-state index >= 15 is 0 Å². The van der Waals surface area contributed by atoms with Gasteiger partial charge in [0.25, 0.3) is 0 Å². The summed E-state index contributed by atoms with van der Waals surface area (Å²) in [6.45, 7) is 7.62. The molecular weight excluding hydrogens is 693 g/mol. The quantitative estimate of drug-likeness (QED) is 0.0350. The van der Waals surface area contributed by atoms with Crippen LogP contribution in [0, 0.1) is 0 Å². The van der Waals surface area contributed by atoms with E-state index in [0.717, 1.165) is 83.5 Å². The second-order valence-corrected chi connectivity index (χ2v) is 15.6. The summed E-state index contributed by atoms with van der Waals surface area (Å²) in [6, 6.07) is 0. The van der Waals surface area contributed by atoms with Crippen molar-refractivity contribution in [1.82, 2.24) is 0 Å². The Labute approximate surface area is 347 Å². The third kappa shape index (κ3) is 44.3. The van der Waals surface area contributed by atoms with Crippen molar-refractivity contribution in [3.63, 3.8) is 0 Å². The van der Waals surface area contributed by atoms with E-state index in [2.05, 4.69) is 81.5 Å². The summed E-state index contributed by atoms with van der Waals surface area (Å²) in [5.41, 5.74) is 0. The lowest BCUT2D eigenvalue weighted by atomic mass is 10.1. The molecule has 0 saturated carbocycles. The predicted molar refractivity (Wildman–Crippen MR) is 242 cm³/mol. The fourth-order valence-corrected chi connectivity index (χ4v) is 6.49. The van der Waals surface area contributed by atoms with Crippen molar-refractivity contribution in [2.75, 3.05) is 19.8 Å². The van der Waals surface area contributed by atoms with Gasteiger partial charge in [-0.1, -0.05) is 191 Å². The molecule has 0 N–H and O–H groups in total. The van der Waals surface area contributed by atoms with E-state index < -0.39 is 6.10 Å². The second-order valence-electron chi connectivity index (χ2n) is 15.6. The third-order valence-corrected chi connectivity index (χ3v) is 10.0. The highest BCUT2D eigenvalue weighted by Crippen LogP contribution is 2.13. The largest absolute Gasteiger partial charge is 0.462 e. The summed E-state index contributed by atoms with van der Waals surface area (Å²) in [7, 11) is 0. The number of rotatable bonds is 43. The molecule has 0 rings (SSSR count). The van der Waals surface area contributed by atoms with Crippen molar-refractivity contribution < 1.29 is 23.8 Å². The molecule has 56 heavy (non-hydrogen) atoms. The maximum Gasteiger partial charge on any atom is 0.306 e. The maximum atomic E-state index is 12.6. The molecule has 0 aliphatic rings. The molecule has 0 aliphatic carbocycles. The highest BCUT2D eigenvalue weighted by Gasteiger charge is 2.17. The van der Waals surface area contributed by atoms with E-state index in [-0.39, 0.29) is 25.2 Å². The van der Waals surface area contributed by atoms with Crippen LogP contribution in [0.3, 0.4) is 0 Å². The normalized spacial score (nSPS) is 12.7. The lowest BCUT2D eigenvalue weighted by Gasteiger charge is -2.18. The first kappa shape index (κ1) is 53.6. The number of unbranched alkanes of at least 4 members (excludes halogenated alkanes) is 22. The fraction of sp³-hybridized carbons (Fsp3) is 0.765. The molecule has 0 aromatic heterocycles. The van der Waals surface area contributed by atoms with Gasteiger partial charge in [-0.05, 0) is 83.5 Å². The van der Waals surface area contributed by atoms with Crippen LogP contribution in [0.4, 0.5) is 0 Å². The molecule has 0 radical (unpaired) electrons. The van der Waals surface area contributed by atoms with Gasteiger partial charge in [-0.2, -0.15) is 0 Å². The molecule has 1 unspecified atom stereocenters. The van der Waals surface area contributed by atoms with Crippen molar-refractivity contribution in [2.45, 2.75) is 232 Å².